The fraction of sp³-hybridized carbons (Fsp3) is 0.200. The number of anilines is 1. The average Bonchev–Trinajstić information content (AvgIpc) is 2.79. The molecule has 0 atom stereocenters. The van der Waals surface area contributed by atoms with Crippen molar-refractivity contribution in [1.82, 2.24) is 14.6 Å². The van der Waals surface area contributed by atoms with Gasteiger partial charge in [0.05, 0.1) is 5.69 Å². The first-order chi connectivity index (χ1) is 10.7. The zero-order chi connectivity index (χ0) is 16.8. The van der Waals surface area contributed by atoms with E-state index in [4.69, 9.17) is 5.73 Å². The number of fused-ring (bicyclic) bond motifs is 1. The number of rotatable bonds is 2. The number of nitrogens with two attached hydrogens (primary N) is 1. The monoisotopic (exact) mass is 322 g/mol. The maximum Gasteiger partial charge on any atom is 0.573 e. The zero-order valence-electron chi connectivity index (χ0n) is 12.3. The predicted octanol–water partition coefficient (Wildman–Crippen LogP) is 3.49. The molecule has 0 saturated carbocycles. The number of ether oxygens (including phenoxy) is 1. The zero-order valence-corrected chi connectivity index (χ0v) is 12.3. The SMILES string of the molecule is Cc1cc(OC(F)(F)F)ccc1-c1cc(N)c2nnc(C)n2c1. The van der Waals surface area contributed by atoms with Crippen LogP contribution in [0, 0.1) is 13.8 Å². The van der Waals surface area contributed by atoms with Crippen LogP contribution in [-0.4, -0.2) is 21.0 Å². The Morgan fingerprint density at radius 2 is 1.87 bits per heavy atom. The van der Waals surface area contributed by atoms with Crippen LogP contribution in [0.15, 0.2) is 30.5 Å². The van der Waals surface area contributed by atoms with Gasteiger partial charge in [0, 0.05) is 11.8 Å². The molecule has 0 aliphatic rings. The third kappa shape index (κ3) is 2.92. The molecule has 23 heavy (non-hydrogen) atoms. The normalized spacial score (nSPS) is 11.9. The first-order valence-electron chi connectivity index (χ1n) is 6.72. The highest BCUT2D eigenvalue weighted by atomic mass is 19.4. The summed E-state index contributed by atoms with van der Waals surface area (Å²) >= 11 is 0. The van der Waals surface area contributed by atoms with E-state index in [-0.39, 0.29) is 5.75 Å². The lowest BCUT2D eigenvalue weighted by molar-refractivity contribution is -0.274. The predicted molar refractivity (Wildman–Crippen MR) is 79.0 cm³/mol. The third-order valence-electron chi connectivity index (χ3n) is 3.45. The van der Waals surface area contributed by atoms with Crippen molar-refractivity contribution in [3.05, 3.63) is 41.9 Å². The Hall–Kier alpha value is -2.77. The Morgan fingerprint density at radius 1 is 1.13 bits per heavy atom. The number of hydrogen-bond donors (Lipinski definition) is 1. The van der Waals surface area contributed by atoms with E-state index in [1.54, 1.807) is 36.6 Å². The third-order valence-corrected chi connectivity index (χ3v) is 3.45. The summed E-state index contributed by atoms with van der Waals surface area (Å²) in [6, 6.07) is 5.89. The van der Waals surface area contributed by atoms with Gasteiger partial charge in [-0.3, -0.25) is 4.40 Å². The Kier molecular flexibility index (Phi) is 3.39. The van der Waals surface area contributed by atoms with Crippen molar-refractivity contribution in [2.24, 2.45) is 0 Å². The summed E-state index contributed by atoms with van der Waals surface area (Å²) in [5, 5.41) is 7.93. The summed E-state index contributed by atoms with van der Waals surface area (Å²) in [6.07, 6.45) is -2.91. The van der Waals surface area contributed by atoms with Gasteiger partial charge in [0.2, 0.25) is 0 Å². The van der Waals surface area contributed by atoms with Gasteiger partial charge >= 0.3 is 6.36 Å². The van der Waals surface area contributed by atoms with Crippen molar-refractivity contribution < 1.29 is 17.9 Å². The van der Waals surface area contributed by atoms with Crippen LogP contribution in [0.2, 0.25) is 0 Å². The van der Waals surface area contributed by atoms with Gasteiger partial charge in [-0.15, -0.1) is 23.4 Å². The van der Waals surface area contributed by atoms with E-state index in [9.17, 15) is 13.2 Å². The van der Waals surface area contributed by atoms with Gasteiger partial charge in [-0.25, -0.2) is 0 Å². The molecule has 0 bridgehead atoms. The van der Waals surface area contributed by atoms with Gasteiger partial charge in [-0.05, 0) is 43.2 Å². The summed E-state index contributed by atoms with van der Waals surface area (Å²) < 4.78 is 42.5. The topological polar surface area (TPSA) is 65.4 Å². The number of nitrogen functional groups attached to an aromatic ring is 1. The maximum absolute atomic E-state index is 12.3. The first kappa shape index (κ1) is 15.1. The standard InChI is InChI=1S/C15H13F3N4O/c1-8-5-11(23-15(16,17)18)3-4-12(8)10-6-13(19)14-21-20-9(2)22(14)7-10/h3-7H,19H2,1-2H3. The molecule has 0 saturated heterocycles. The van der Waals surface area contributed by atoms with E-state index in [1.165, 1.54) is 12.1 Å². The second kappa shape index (κ2) is 5.15. The smallest absolute Gasteiger partial charge is 0.406 e. The molecule has 0 aliphatic carbocycles. The van der Waals surface area contributed by atoms with Gasteiger partial charge in [0.25, 0.3) is 0 Å². The second-order valence-electron chi connectivity index (χ2n) is 5.15. The molecule has 0 unspecified atom stereocenters. The highest BCUT2D eigenvalue weighted by Crippen LogP contribution is 2.31. The summed E-state index contributed by atoms with van der Waals surface area (Å²) in [6.45, 7) is 3.49. The average molecular weight is 322 g/mol. The van der Waals surface area contributed by atoms with Crippen LogP contribution >= 0.6 is 0 Å². The quantitative estimate of drug-likeness (QED) is 0.784. The summed E-state index contributed by atoms with van der Waals surface area (Å²) in [5.41, 5.74) is 9.10. The fourth-order valence-electron chi connectivity index (χ4n) is 2.43. The second-order valence-corrected chi connectivity index (χ2v) is 5.15. The summed E-state index contributed by atoms with van der Waals surface area (Å²) in [7, 11) is 0. The molecule has 0 fully saturated rings. The summed E-state index contributed by atoms with van der Waals surface area (Å²) in [5.74, 6) is 0.413. The van der Waals surface area contributed by atoms with Crippen LogP contribution in [-0.2, 0) is 0 Å². The Bertz CT molecular complexity index is 886. The fourth-order valence-corrected chi connectivity index (χ4v) is 2.43. The molecule has 8 heteroatoms. The van der Waals surface area contributed by atoms with E-state index >= 15 is 0 Å². The van der Waals surface area contributed by atoms with Crippen molar-refractivity contribution in [3.8, 4) is 16.9 Å². The number of pyridine rings is 1. The molecular weight excluding hydrogens is 309 g/mol. The lowest BCUT2D eigenvalue weighted by Crippen LogP contribution is -2.17. The molecular formula is C15H13F3N4O. The molecule has 1 aromatic carbocycles. The number of aromatic nitrogens is 3. The van der Waals surface area contributed by atoms with Crippen LogP contribution in [0.5, 0.6) is 5.75 Å². The maximum atomic E-state index is 12.3. The number of benzene rings is 1. The molecule has 0 aliphatic heterocycles. The number of hydrogen-bond acceptors (Lipinski definition) is 4. The molecule has 3 aromatic rings. The van der Waals surface area contributed by atoms with Gasteiger partial charge in [-0.2, -0.15) is 0 Å². The van der Waals surface area contributed by atoms with Gasteiger partial charge in [-0.1, -0.05) is 6.07 Å². The lowest BCUT2D eigenvalue weighted by Gasteiger charge is -2.12. The minimum Gasteiger partial charge on any atom is -0.406 e. The van der Waals surface area contributed by atoms with Crippen molar-refractivity contribution in [1.29, 1.82) is 0 Å². The van der Waals surface area contributed by atoms with E-state index < -0.39 is 6.36 Å². The van der Waals surface area contributed by atoms with Crippen molar-refractivity contribution >= 4 is 11.3 Å². The first-order valence-corrected chi connectivity index (χ1v) is 6.72. The minimum atomic E-state index is -4.71. The van der Waals surface area contributed by atoms with Crippen LogP contribution in [0.3, 0.4) is 0 Å². The van der Waals surface area contributed by atoms with Gasteiger partial charge in [0.1, 0.15) is 11.6 Å². The molecule has 2 N–H and O–H groups in total. The van der Waals surface area contributed by atoms with E-state index in [2.05, 4.69) is 14.9 Å². The van der Waals surface area contributed by atoms with Crippen molar-refractivity contribution in [2.75, 3.05) is 5.73 Å². The molecule has 0 spiro atoms. The molecule has 0 amide bonds. The largest absolute Gasteiger partial charge is 0.573 e. The molecule has 2 heterocycles. The van der Waals surface area contributed by atoms with Crippen molar-refractivity contribution in [3.63, 3.8) is 0 Å². The summed E-state index contributed by atoms with van der Waals surface area (Å²) in [4.78, 5) is 0. The number of nitrogens with zero attached hydrogens (tertiary/aromatic N) is 3. The van der Waals surface area contributed by atoms with E-state index in [1.807, 2.05) is 0 Å². The molecule has 0 radical (unpaired) electrons. The lowest BCUT2D eigenvalue weighted by atomic mass is 10.0. The van der Waals surface area contributed by atoms with Crippen LogP contribution in [0.25, 0.3) is 16.8 Å². The Morgan fingerprint density at radius 3 is 2.52 bits per heavy atom. The van der Waals surface area contributed by atoms with Crippen molar-refractivity contribution in [2.45, 2.75) is 20.2 Å². The number of alkyl halides is 3. The highest BCUT2D eigenvalue weighted by Gasteiger charge is 2.31. The minimum absolute atomic E-state index is 0.256. The number of halogens is 3. The van der Waals surface area contributed by atoms with Crippen LogP contribution < -0.4 is 10.5 Å². The van der Waals surface area contributed by atoms with E-state index in [0.717, 1.165) is 11.1 Å². The molecule has 3 rings (SSSR count). The van der Waals surface area contributed by atoms with Crippen LogP contribution in [0.4, 0.5) is 18.9 Å². The molecule has 2 aromatic heterocycles. The Labute approximate surface area is 129 Å². The number of aryl methyl sites for hydroxylation is 2. The van der Waals surface area contributed by atoms with Gasteiger partial charge < -0.3 is 10.5 Å². The van der Waals surface area contributed by atoms with Crippen LogP contribution in [0.1, 0.15) is 11.4 Å². The molecule has 5 nitrogen and oxygen atoms in total. The Balaban J connectivity index is 2.06. The van der Waals surface area contributed by atoms with E-state index in [0.29, 0.717) is 22.7 Å². The highest BCUT2D eigenvalue weighted by molar-refractivity contribution is 5.76. The molecule has 120 valence electrons. The van der Waals surface area contributed by atoms with Gasteiger partial charge in [0.15, 0.2) is 5.65 Å².